The fourth-order valence-corrected chi connectivity index (χ4v) is 6.38. The molecule has 3 aromatic rings. The number of rotatable bonds is 6. The molecule has 0 amide bonds. The van der Waals surface area contributed by atoms with Crippen LogP contribution in [0.3, 0.4) is 0 Å². The number of benzene rings is 1. The van der Waals surface area contributed by atoms with Crippen LogP contribution in [0.15, 0.2) is 29.3 Å². The normalized spacial score (nSPS) is 19.6. The molecule has 1 saturated heterocycles. The first-order valence-electron chi connectivity index (χ1n) is 10.6. The molecule has 2 aromatic heterocycles. The number of fused-ring (bicyclic) bond motifs is 1. The van der Waals surface area contributed by atoms with E-state index >= 15 is 0 Å². The van der Waals surface area contributed by atoms with Gasteiger partial charge in [-0.3, -0.25) is 4.79 Å². The van der Waals surface area contributed by atoms with Crippen molar-refractivity contribution in [1.29, 1.82) is 0 Å². The maximum atomic E-state index is 14.5. The number of aliphatic carboxylic acids is 1. The highest BCUT2D eigenvalue weighted by molar-refractivity contribution is 7.89. The van der Waals surface area contributed by atoms with Gasteiger partial charge in [-0.25, -0.2) is 22.8 Å². The third-order valence-corrected chi connectivity index (χ3v) is 8.69. The maximum Gasteiger partial charge on any atom is 0.573 e. The van der Waals surface area contributed by atoms with Crippen molar-refractivity contribution < 1.29 is 40.6 Å². The first kappa shape index (κ1) is 24.6. The van der Waals surface area contributed by atoms with Crippen LogP contribution in [-0.2, 0) is 14.8 Å². The number of ether oxygens (including phenoxy) is 1. The molecule has 1 N–H and O–H groups in total. The summed E-state index contributed by atoms with van der Waals surface area (Å²) in [6.45, 7) is -0.564. The molecular weight excluding hydrogens is 530 g/mol. The van der Waals surface area contributed by atoms with Crippen LogP contribution in [0, 0.1) is 5.82 Å². The maximum absolute atomic E-state index is 14.5. The van der Waals surface area contributed by atoms with Gasteiger partial charge in [0, 0.05) is 31.6 Å². The van der Waals surface area contributed by atoms with Crippen LogP contribution in [0.4, 0.5) is 22.7 Å². The largest absolute Gasteiger partial charge is 0.573 e. The summed E-state index contributed by atoms with van der Waals surface area (Å²) < 4.78 is 82.8. The molecular formula is C20H17F4N5O5S2. The standard InChI is InChI=1S/C20H17F4N5O5S2/c21-12-7-11(34-20(22,23)24)3-4-15(12)36(32,33)29-6-5-28(9-13(29)18(30)31)19-27-17-14(35-19)8-25-16(26-17)10-1-2-10/h3-4,7-8,10,13H,1-2,5-6,9H2,(H,30,31)/t13-/m1/s1. The van der Waals surface area contributed by atoms with Crippen molar-refractivity contribution in [2.24, 2.45) is 0 Å². The van der Waals surface area contributed by atoms with Gasteiger partial charge in [0.1, 0.15) is 28.3 Å². The van der Waals surface area contributed by atoms with E-state index in [4.69, 9.17) is 0 Å². The summed E-state index contributed by atoms with van der Waals surface area (Å²) in [5.41, 5.74) is 0.470. The molecule has 1 aromatic carbocycles. The van der Waals surface area contributed by atoms with Crippen LogP contribution in [-0.4, -0.2) is 70.8 Å². The fourth-order valence-electron chi connectivity index (χ4n) is 3.86. The van der Waals surface area contributed by atoms with Gasteiger partial charge in [-0.15, -0.1) is 13.2 Å². The molecule has 2 fully saturated rings. The number of carbonyl (C=O) groups is 1. The molecule has 2 aliphatic rings. The van der Waals surface area contributed by atoms with E-state index in [-0.39, 0.29) is 25.7 Å². The minimum Gasteiger partial charge on any atom is -0.480 e. The lowest BCUT2D eigenvalue weighted by molar-refractivity contribution is -0.274. The van der Waals surface area contributed by atoms with E-state index in [0.29, 0.717) is 43.7 Å². The van der Waals surface area contributed by atoms with Gasteiger partial charge < -0.3 is 14.7 Å². The Morgan fingerprint density at radius 2 is 1.94 bits per heavy atom. The van der Waals surface area contributed by atoms with Crippen LogP contribution in [0.25, 0.3) is 10.3 Å². The van der Waals surface area contributed by atoms with Gasteiger partial charge in [-0.1, -0.05) is 11.3 Å². The molecule has 1 atom stereocenters. The zero-order valence-electron chi connectivity index (χ0n) is 18.1. The van der Waals surface area contributed by atoms with Crippen molar-refractivity contribution in [3.8, 4) is 5.75 Å². The Labute approximate surface area is 205 Å². The number of piperazine rings is 1. The molecule has 1 aliphatic heterocycles. The quantitative estimate of drug-likeness (QED) is 0.464. The Morgan fingerprint density at radius 1 is 1.19 bits per heavy atom. The van der Waals surface area contributed by atoms with E-state index in [1.54, 1.807) is 11.1 Å². The lowest BCUT2D eigenvalue weighted by atomic mass is 10.2. The molecule has 16 heteroatoms. The van der Waals surface area contributed by atoms with Crippen molar-refractivity contribution in [2.45, 2.75) is 36.1 Å². The highest BCUT2D eigenvalue weighted by Gasteiger charge is 2.42. The summed E-state index contributed by atoms with van der Waals surface area (Å²) >= 11 is 1.24. The van der Waals surface area contributed by atoms with E-state index in [1.165, 1.54) is 11.3 Å². The number of anilines is 1. The second-order valence-corrected chi connectivity index (χ2v) is 11.1. The molecule has 5 rings (SSSR count). The number of sulfonamides is 1. The first-order valence-corrected chi connectivity index (χ1v) is 12.9. The molecule has 1 saturated carbocycles. The molecule has 0 bridgehead atoms. The SMILES string of the molecule is O=C(O)[C@H]1CN(c2nc3nc(C4CC4)ncc3s2)CCN1S(=O)(=O)c1ccc(OC(F)(F)F)cc1F. The number of aromatic nitrogens is 3. The monoisotopic (exact) mass is 547 g/mol. The third-order valence-electron chi connectivity index (χ3n) is 5.71. The molecule has 1 aliphatic carbocycles. The predicted molar refractivity (Wildman–Crippen MR) is 118 cm³/mol. The van der Waals surface area contributed by atoms with Crippen molar-refractivity contribution in [1.82, 2.24) is 19.3 Å². The number of hydrogen-bond donors (Lipinski definition) is 1. The number of thiazole rings is 1. The topological polar surface area (TPSA) is 126 Å². The van der Waals surface area contributed by atoms with Gasteiger partial charge in [0.05, 0.1) is 10.9 Å². The summed E-state index contributed by atoms with van der Waals surface area (Å²) in [6, 6.07) is -0.0621. The van der Waals surface area contributed by atoms with Crippen molar-refractivity contribution >= 4 is 42.8 Å². The van der Waals surface area contributed by atoms with Crippen molar-refractivity contribution in [2.75, 3.05) is 24.5 Å². The number of halogens is 4. The van der Waals surface area contributed by atoms with Crippen LogP contribution < -0.4 is 9.64 Å². The molecule has 3 heterocycles. The van der Waals surface area contributed by atoms with Gasteiger partial charge >= 0.3 is 12.3 Å². The van der Waals surface area contributed by atoms with Crippen LogP contribution in [0.1, 0.15) is 24.6 Å². The predicted octanol–water partition coefficient (Wildman–Crippen LogP) is 2.97. The molecule has 0 unspecified atom stereocenters. The number of carboxylic acid groups (broad SMARTS) is 1. The average Bonchev–Trinajstić information content (AvgIpc) is 3.55. The van der Waals surface area contributed by atoms with Crippen LogP contribution in [0.5, 0.6) is 5.75 Å². The minimum atomic E-state index is -5.09. The Hall–Kier alpha value is -3.11. The average molecular weight is 548 g/mol. The third kappa shape index (κ3) is 4.79. The van der Waals surface area contributed by atoms with E-state index in [2.05, 4.69) is 19.7 Å². The van der Waals surface area contributed by atoms with Crippen molar-refractivity contribution in [3.63, 3.8) is 0 Å². The lowest BCUT2D eigenvalue weighted by Crippen LogP contribution is -2.58. The Balaban J connectivity index is 1.39. The van der Waals surface area contributed by atoms with Gasteiger partial charge in [0.2, 0.25) is 10.0 Å². The molecule has 36 heavy (non-hydrogen) atoms. The zero-order chi connectivity index (χ0) is 25.8. The smallest absolute Gasteiger partial charge is 0.480 e. The van der Waals surface area contributed by atoms with E-state index < -0.39 is 44.9 Å². The van der Waals surface area contributed by atoms with Crippen molar-refractivity contribution in [3.05, 3.63) is 36.0 Å². The lowest BCUT2D eigenvalue weighted by Gasteiger charge is -2.38. The number of nitrogens with zero attached hydrogens (tertiary/aromatic N) is 5. The molecule has 0 radical (unpaired) electrons. The Kier molecular flexibility index (Phi) is 5.99. The number of hydrogen-bond acceptors (Lipinski definition) is 9. The highest BCUT2D eigenvalue weighted by Crippen LogP contribution is 2.39. The van der Waals surface area contributed by atoms with Gasteiger partial charge in [-0.2, -0.15) is 9.29 Å². The molecule has 192 valence electrons. The summed E-state index contributed by atoms with van der Waals surface area (Å²) in [5, 5.41) is 10.2. The number of carboxylic acids is 1. The highest BCUT2D eigenvalue weighted by atomic mass is 32.2. The first-order chi connectivity index (χ1) is 16.9. The summed E-state index contributed by atoms with van der Waals surface area (Å²) in [6.07, 6.45) is -1.42. The number of alkyl halides is 3. The van der Waals surface area contributed by atoms with Gasteiger partial charge in [-0.05, 0) is 25.0 Å². The Morgan fingerprint density at radius 3 is 2.58 bits per heavy atom. The zero-order valence-corrected chi connectivity index (χ0v) is 19.8. The van der Waals surface area contributed by atoms with Crippen LogP contribution >= 0.6 is 11.3 Å². The minimum absolute atomic E-state index is 0.0443. The van der Waals surface area contributed by atoms with E-state index in [9.17, 15) is 35.9 Å². The van der Waals surface area contributed by atoms with E-state index in [0.717, 1.165) is 12.8 Å². The van der Waals surface area contributed by atoms with Gasteiger partial charge in [0.15, 0.2) is 10.8 Å². The second-order valence-electron chi connectivity index (χ2n) is 8.24. The van der Waals surface area contributed by atoms with Crippen LogP contribution in [0.2, 0.25) is 0 Å². The second kappa shape index (κ2) is 8.77. The fraction of sp³-hybridized carbons (Fsp3) is 0.400. The van der Waals surface area contributed by atoms with E-state index in [1.807, 2.05) is 0 Å². The molecule has 10 nitrogen and oxygen atoms in total. The summed E-state index contributed by atoms with van der Waals surface area (Å²) in [7, 11) is -4.71. The van der Waals surface area contributed by atoms with Gasteiger partial charge in [0.25, 0.3) is 0 Å². The summed E-state index contributed by atoms with van der Waals surface area (Å²) in [4.78, 5) is 25.9. The molecule has 0 spiro atoms. The summed E-state index contributed by atoms with van der Waals surface area (Å²) in [5.74, 6) is -2.90. The Bertz CT molecular complexity index is 1440.